The number of hydrogen-bond acceptors (Lipinski definition) is 5. The van der Waals surface area contributed by atoms with Gasteiger partial charge in [0, 0.05) is 50.9 Å². The minimum absolute atomic E-state index is 0.0343. The second-order valence-corrected chi connectivity index (χ2v) is 11.0. The van der Waals surface area contributed by atoms with E-state index in [9.17, 15) is 14.4 Å². The predicted octanol–water partition coefficient (Wildman–Crippen LogP) is 2.97. The summed E-state index contributed by atoms with van der Waals surface area (Å²) in [5, 5.41) is 0.484. The lowest BCUT2D eigenvalue weighted by molar-refractivity contribution is -0.139. The Morgan fingerprint density at radius 2 is 1.75 bits per heavy atom. The lowest BCUT2D eigenvalue weighted by atomic mass is 9.81. The number of allylic oxidation sites excluding steroid dienone is 1. The topological polar surface area (TPSA) is 76.8 Å². The molecule has 36 heavy (non-hydrogen) atoms. The van der Waals surface area contributed by atoms with E-state index in [2.05, 4.69) is 18.4 Å². The molecule has 0 N–H and O–H groups in total. The summed E-state index contributed by atoms with van der Waals surface area (Å²) in [6, 6.07) is 5.51. The van der Waals surface area contributed by atoms with Gasteiger partial charge in [0.2, 0.25) is 5.91 Å². The number of benzene rings is 1. The average molecular weight is 495 g/mol. The van der Waals surface area contributed by atoms with Crippen LogP contribution in [0, 0.1) is 17.8 Å². The molecular weight excluding hydrogens is 456 g/mol. The molecule has 3 fully saturated rings. The summed E-state index contributed by atoms with van der Waals surface area (Å²) in [5.41, 5.74) is 1.29. The Morgan fingerprint density at radius 1 is 1.06 bits per heavy atom. The molecule has 5 rings (SSSR count). The maximum atomic E-state index is 13.3. The van der Waals surface area contributed by atoms with Gasteiger partial charge >= 0.3 is 5.69 Å². The summed E-state index contributed by atoms with van der Waals surface area (Å²) >= 11 is 0. The molecule has 0 radical (unpaired) electrons. The van der Waals surface area contributed by atoms with Crippen LogP contribution in [0.3, 0.4) is 0 Å². The summed E-state index contributed by atoms with van der Waals surface area (Å²) in [6.07, 6.45) is 5.80. The van der Waals surface area contributed by atoms with Gasteiger partial charge in [-0.1, -0.05) is 6.58 Å². The quantitative estimate of drug-likeness (QED) is 0.617. The van der Waals surface area contributed by atoms with Crippen LogP contribution < -0.4 is 16.0 Å². The molecule has 0 bridgehead atoms. The van der Waals surface area contributed by atoms with Gasteiger partial charge in [0.15, 0.2) is 0 Å². The number of aryl methyl sites for hydroxylation is 1. The van der Waals surface area contributed by atoms with Crippen molar-refractivity contribution in [1.29, 1.82) is 0 Å². The molecule has 8 nitrogen and oxygen atoms in total. The number of ether oxygens (including phenoxy) is 1. The van der Waals surface area contributed by atoms with E-state index in [1.54, 1.807) is 32.4 Å². The third-order valence-electron chi connectivity index (χ3n) is 8.55. The Kier molecular flexibility index (Phi) is 6.70. The fourth-order valence-electron chi connectivity index (χ4n) is 6.13. The molecule has 2 aliphatic carbocycles. The Labute approximate surface area is 212 Å². The van der Waals surface area contributed by atoms with Crippen LogP contribution in [0.2, 0.25) is 0 Å². The van der Waals surface area contributed by atoms with Gasteiger partial charge < -0.3 is 14.5 Å². The molecule has 194 valence electrons. The van der Waals surface area contributed by atoms with Crippen molar-refractivity contribution in [3.63, 3.8) is 0 Å². The van der Waals surface area contributed by atoms with E-state index < -0.39 is 0 Å². The van der Waals surface area contributed by atoms with Gasteiger partial charge in [0.25, 0.3) is 5.56 Å². The number of methoxy groups -OCH3 is 1. The average Bonchev–Trinajstić information content (AvgIpc) is 3.75. The van der Waals surface area contributed by atoms with Crippen LogP contribution in [-0.4, -0.2) is 57.6 Å². The molecule has 2 saturated carbocycles. The molecule has 0 spiro atoms. The summed E-state index contributed by atoms with van der Waals surface area (Å²) in [6.45, 7) is 9.28. The zero-order valence-electron chi connectivity index (χ0n) is 21.7. The number of amides is 1. The van der Waals surface area contributed by atoms with Crippen molar-refractivity contribution in [2.24, 2.45) is 24.8 Å². The van der Waals surface area contributed by atoms with Gasteiger partial charge in [-0.15, -0.1) is 0 Å². The van der Waals surface area contributed by atoms with E-state index in [0.29, 0.717) is 35.2 Å². The van der Waals surface area contributed by atoms with Crippen molar-refractivity contribution in [2.45, 2.75) is 58.0 Å². The Hall–Kier alpha value is -3.03. The summed E-state index contributed by atoms with van der Waals surface area (Å²) in [4.78, 5) is 43.9. The summed E-state index contributed by atoms with van der Waals surface area (Å²) < 4.78 is 8.18. The third kappa shape index (κ3) is 4.58. The molecule has 3 aliphatic rings. The number of hydrogen-bond donors (Lipinski definition) is 0. The normalized spacial score (nSPS) is 24.7. The summed E-state index contributed by atoms with van der Waals surface area (Å²) in [7, 11) is 3.26. The van der Waals surface area contributed by atoms with Gasteiger partial charge in [0.05, 0.1) is 18.0 Å². The van der Waals surface area contributed by atoms with Gasteiger partial charge in [-0.3, -0.25) is 18.7 Å². The monoisotopic (exact) mass is 494 g/mol. The second kappa shape index (κ2) is 9.79. The van der Waals surface area contributed by atoms with E-state index >= 15 is 0 Å². The van der Waals surface area contributed by atoms with Crippen molar-refractivity contribution in [3.8, 4) is 5.75 Å². The number of rotatable bonds is 6. The maximum absolute atomic E-state index is 13.3. The van der Waals surface area contributed by atoms with E-state index in [-0.39, 0.29) is 29.0 Å². The van der Waals surface area contributed by atoms with E-state index in [0.717, 1.165) is 45.3 Å². The fraction of sp³-hybridized carbons (Fsp3) is 0.607. The standard InChI is InChI=1S/C28H38N4O4/c1-18-16-30(13-14-31(18)19(2)21-9-10-21)26(33)22-7-5-20(6-8-22)17-32-27(34)24-15-23(36-4)11-12-25(24)29(3)28(32)35/h11-12,15,18,20-22H,2,5-10,13-14,16-17H2,1,3-4H3/t18-,20?,22?/m0/s1. The maximum Gasteiger partial charge on any atom is 0.331 e. The van der Waals surface area contributed by atoms with Crippen molar-refractivity contribution in [1.82, 2.24) is 18.9 Å². The first-order chi connectivity index (χ1) is 17.3. The lowest BCUT2D eigenvalue weighted by Crippen LogP contribution is -2.54. The van der Waals surface area contributed by atoms with Gasteiger partial charge in [-0.25, -0.2) is 4.79 Å². The van der Waals surface area contributed by atoms with Crippen LogP contribution in [0.5, 0.6) is 5.75 Å². The molecule has 1 aromatic heterocycles. The smallest absolute Gasteiger partial charge is 0.331 e. The van der Waals surface area contributed by atoms with Crippen molar-refractivity contribution >= 4 is 16.8 Å². The second-order valence-electron chi connectivity index (χ2n) is 11.0. The highest BCUT2D eigenvalue weighted by Crippen LogP contribution is 2.39. The molecule has 1 aromatic carbocycles. The Bertz CT molecular complexity index is 1280. The predicted molar refractivity (Wildman–Crippen MR) is 140 cm³/mol. The molecule has 2 aromatic rings. The number of piperazine rings is 1. The van der Waals surface area contributed by atoms with Gasteiger partial charge in [-0.05, 0) is 75.5 Å². The first-order valence-electron chi connectivity index (χ1n) is 13.3. The molecule has 2 heterocycles. The Morgan fingerprint density at radius 3 is 2.39 bits per heavy atom. The molecule has 1 saturated heterocycles. The zero-order chi connectivity index (χ0) is 25.6. The zero-order valence-corrected chi connectivity index (χ0v) is 21.7. The SMILES string of the molecule is C=C(C1CC1)N1CCN(C(=O)C2CCC(Cn3c(=O)c4cc(OC)ccc4n(C)c3=O)CC2)C[C@@H]1C. The molecule has 1 atom stereocenters. The van der Waals surface area contributed by atoms with Gasteiger partial charge in [0.1, 0.15) is 5.75 Å². The molecule has 1 amide bonds. The van der Waals surface area contributed by atoms with Crippen LogP contribution in [-0.2, 0) is 18.4 Å². The van der Waals surface area contributed by atoms with Crippen molar-refractivity contribution in [3.05, 3.63) is 51.3 Å². The molecule has 0 unspecified atom stereocenters. The third-order valence-corrected chi connectivity index (χ3v) is 8.55. The number of carbonyl (C=O) groups excluding carboxylic acids is 1. The van der Waals surface area contributed by atoms with Gasteiger partial charge in [-0.2, -0.15) is 0 Å². The van der Waals surface area contributed by atoms with Crippen molar-refractivity contribution < 1.29 is 9.53 Å². The lowest BCUT2D eigenvalue weighted by Gasteiger charge is -2.43. The van der Waals surface area contributed by atoms with Crippen molar-refractivity contribution in [2.75, 3.05) is 26.7 Å². The number of nitrogens with zero attached hydrogens (tertiary/aromatic N) is 4. The van der Waals surface area contributed by atoms with Crippen LogP contribution in [0.1, 0.15) is 45.4 Å². The highest BCUT2D eigenvalue weighted by Gasteiger charge is 2.36. The minimum Gasteiger partial charge on any atom is -0.497 e. The molecule has 8 heteroatoms. The fourth-order valence-corrected chi connectivity index (χ4v) is 6.13. The number of carbonyl (C=O) groups is 1. The van der Waals surface area contributed by atoms with Crippen LogP contribution in [0.25, 0.3) is 10.9 Å². The number of fused-ring (bicyclic) bond motifs is 1. The minimum atomic E-state index is -0.296. The first-order valence-corrected chi connectivity index (χ1v) is 13.3. The number of aromatic nitrogens is 2. The summed E-state index contributed by atoms with van der Waals surface area (Å²) in [5.74, 6) is 1.75. The highest BCUT2D eigenvalue weighted by molar-refractivity contribution is 5.80. The Balaban J connectivity index is 1.21. The van der Waals surface area contributed by atoms with E-state index in [1.165, 1.54) is 27.7 Å². The van der Waals surface area contributed by atoms with E-state index in [4.69, 9.17) is 4.74 Å². The molecule has 1 aliphatic heterocycles. The van der Waals surface area contributed by atoms with Crippen LogP contribution in [0.4, 0.5) is 0 Å². The van der Waals surface area contributed by atoms with E-state index in [1.807, 2.05) is 4.90 Å². The molecular formula is C28H38N4O4. The van der Waals surface area contributed by atoms with Crippen LogP contribution in [0.15, 0.2) is 40.1 Å². The first kappa shape index (κ1) is 24.7. The van der Waals surface area contributed by atoms with Crippen LogP contribution >= 0.6 is 0 Å². The highest BCUT2D eigenvalue weighted by atomic mass is 16.5. The largest absolute Gasteiger partial charge is 0.497 e.